The van der Waals surface area contributed by atoms with Gasteiger partial charge in [0.2, 0.25) is 11.8 Å². The molecule has 3 aromatic rings. The molecule has 7 rings (SSSR count). The highest BCUT2D eigenvalue weighted by Crippen LogP contribution is 2.61. The molecule has 1 aliphatic heterocycles. The lowest BCUT2D eigenvalue weighted by Gasteiger charge is -2.45. The standard InChI is InChI=1S/C27H21NO4/c1-2-32-27(31)15-8-7-9-16(14-15)28-25(29)23-21-17-10-3-4-11-18(17)22(24(23)26(28)30)20-13-6-5-12-19(20)21/h3-14,21-24H,2H2,1H3/t21?,22?,23-,24+. The third-order valence-corrected chi connectivity index (χ3v) is 7.06. The van der Waals surface area contributed by atoms with Crippen molar-refractivity contribution in [2.45, 2.75) is 18.8 Å². The zero-order valence-electron chi connectivity index (χ0n) is 17.5. The summed E-state index contributed by atoms with van der Waals surface area (Å²) < 4.78 is 5.10. The van der Waals surface area contributed by atoms with Crippen LogP contribution in [0.25, 0.3) is 0 Å². The summed E-state index contributed by atoms with van der Waals surface area (Å²) in [4.78, 5) is 41.0. The number of hydrogen-bond acceptors (Lipinski definition) is 4. The van der Waals surface area contributed by atoms with Crippen molar-refractivity contribution in [3.05, 3.63) is 101 Å². The number of amides is 2. The Bertz CT molecular complexity index is 1180. The number of benzene rings is 3. The quantitative estimate of drug-likeness (QED) is 0.467. The van der Waals surface area contributed by atoms with Crippen molar-refractivity contribution in [3.63, 3.8) is 0 Å². The van der Waals surface area contributed by atoms with Gasteiger partial charge in [-0.05, 0) is 47.4 Å². The largest absolute Gasteiger partial charge is 0.462 e. The van der Waals surface area contributed by atoms with Gasteiger partial charge in [0.25, 0.3) is 0 Å². The maximum atomic E-state index is 13.8. The predicted octanol–water partition coefficient (Wildman–Crippen LogP) is 4.26. The van der Waals surface area contributed by atoms with Crippen molar-refractivity contribution in [3.8, 4) is 0 Å². The van der Waals surface area contributed by atoms with Crippen molar-refractivity contribution in [1.82, 2.24) is 0 Å². The van der Waals surface area contributed by atoms with Crippen LogP contribution in [0.15, 0.2) is 72.8 Å². The van der Waals surface area contributed by atoms with Gasteiger partial charge in [-0.3, -0.25) is 9.59 Å². The number of nitrogens with zero attached hydrogens (tertiary/aromatic N) is 1. The summed E-state index contributed by atoms with van der Waals surface area (Å²) in [6.07, 6.45) is 0. The summed E-state index contributed by atoms with van der Waals surface area (Å²) in [5.74, 6) is -2.03. The number of ether oxygens (including phenoxy) is 1. The van der Waals surface area contributed by atoms with Crippen LogP contribution in [0.2, 0.25) is 0 Å². The van der Waals surface area contributed by atoms with Crippen LogP contribution >= 0.6 is 0 Å². The number of imide groups is 1. The van der Waals surface area contributed by atoms with Gasteiger partial charge in [0.05, 0.1) is 29.7 Å². The van der Waals surface area contributed by atoms with Gasteiger partial charge in [0.15, 0.2) is 0 Å². The lowest BCUT2D eigenvalue weighted by atomic mass is 9.55. The molecule has 0 saturated carbocycles. The van der Waals surface area contributed by atoms with Crippen LogP contribution in [0, 0.1) is 11.8 Å². The molecule has 0 spiro atoms. The van der Waals surface area contributed by atoms with Crippen molar-refractivity contribution in [2.75, 3.05) is 11.5 Å². The van der Waals surface area contributed by atoms with Crippen LogP contribution in [0.3, 0.4) is 0 Å². The zero-order chi connectivity index (χ0) is 22.0. The maximum Gasteiger partial charge on any atom is 0.338 e. The highest BCUT2D eigenvalue weighted by molar-refractivity contribution is 6.23. The second kappa shape index (κ2) is 6.89. The minimum absolute atomic E-state index is 0.146. The smallest absolute Gasteiger partial charge is 0.338 e. The molecule has 1 saturated heterocycles. The number of hydrogen-bond donors (Lipinski definition) is 0. The van der Waals surface area contributed by atoms with Gasteiger partial charge in [-0.25, -0.2) is 9.69 Å². The summed E-state index contributed by atoms with van der Waals surface area (Å²) in [6, 6.07) is 22.9. The Hall–Kier alpha value is -3.73. The lowest BCUT2D eigenvalue weighted by molar-refractivity contribution is -0.122. The number of rotatable bonds is 3. The molecule has 3 aromatic carbocycles. The van der Waals surface area contributed by atoms with Crippen LogP contribution in [0.4, 0.5) is 5.69 Å². The average molecular weight is 423 g/mol. The van der Waals surface area contributed by atoms with E-state index < -0.39 is 17.8 Å². The van der Waals surface area contributed by atoms with E-state index in [0.717, 1.165) is 22.3 Å². The summed E-state index contributed by atoms with van der Waals surface area (Å²) in [5, 5.41) is 0. The van der Waals surface area contributed by atoms with Gasteiger partial charge in [-0.15, -0.1) is 0 Å². The Morgan fingerprint density at radius 1 is 0.781 bits per heavy atom. The first kappa shape index (κ1) is 19.0. The third-order valence-electron chi connectivity index (χ3n) is 7.06. The monoisotopic (exact) mass is 423 g/mol. The Balaban J connectivity index is 1.48. The predicted molar refractivity (Wildman–Crippen MR) is 118 cm³/mol. The van der Waals surface area contributed by atoms with Gasteiger partial charge in [0.1, 0.15) is 0 Å². The van der Waals surface area contributed by atoms with Gasteiger partial charge < -0.3 is 4.74 Å². The molecule has 3 aliphatic carbocycles. The van der Waals surface area contributed by atoms with Crippen LogP contribution in [0.1, 0.15) is 51.4 Å². The SMILES string of the molecule is CCOC(=O)c1cccc(N2C(=O)[C@@H]3C4c5ccccc5C(c5ccccc54)[C@@H]3C2=O)c1. The second-order valence-corrected chi connectivity index (χ2v) is 8.55. The molecule has 2 amide bonds. The van der Waals surface area contributed by atoms with Crippen molar-refractivity contribution >= 4 is 23.5 Å². The van der Waals surface area contributed by atoms with Crippen LogP contribution in [-0.2, 0) is 14.3 Å². The fourth-order valence-electron chi connectivity index (χ4n) is 5.92. The first-order valence-corrected chi connectivity index (χ1v) is 10.9. The summed E-state index contributed by atoms with van der Waals surface area (Å²) in [6.45, 7) is 2.00. The molecule has 2 bridgehead atoms. The second-order valence-electron chi connectivity index (χ2n) is 8.55. The summed E-state index contributed by atoms with van der Waals surface area (Å²) in [5.41, 5.74) is 5.31. The molecule has 32 heavy (non-hydrogen) atoms. The molecule has 1 heterocycles. The lowest BCUT2D eigenvalue weighted by Crippen LogP contribution is -2.41. The number of esters is 1. The van der Waals surface area contributed by atoms with E-state index in [0.29, 0.717) is 11.3 Å². The van der Waals surface area contributed by atoms with E-state index in [4.69, 9.17) is 4.74 Å². The fourth-order valence-corrected chi connectivity index (χ4v) is 5.92. The molecule has 1 fully saturated rings. The van der Waals surface area contributed by atoms with E-state index in [-0.39, 0.29) is 30.3 Å². The first-order valence-electron chi connectivity index (χ1n) is 10.9. The zero-order valence-corrected chi connectivity index (χ0v) is 17.5. The normalized spacial score (nSPS) is 24.7. The summed E-state index contributed by atoms with van der Waals surface area (Å²) >= 11 is 0. The molecule has 4 aliphatic rings. The third kappa shape index (κ3) is 2.42. The highest BCUT2D eigenvalue weighted by Gasteiger charge is 2.61. The molecule has 158 valence electrons. The Morgan fingerprint density at radius 3 is 1.75 bits per heavy atom. The molecule has 5 heteroatoms. The van der Waals surface area contributed by atoms with E-state index in [1.807, 2.05) is 24.3 Å². The van der Waals surface area contributed by atoms with Crippen molar-refractivity contribution in [1.29, 1.82) is 0 Å². The minimum Gasteiger partial charge on any atom is -0.462 e. The van der Waals surface area contributed by atoms with E-state index >= 15 is 0 Å². The molecular formula is C27H21NO4. The van der Waals surface area contributed by atoms with Gasteiger partial charge >= 0.3 is 5.97 Å². The molecule has 0 N–H and O–H groups in total. The topological polar surface area (TPSA) is 63.7 Å². The molecule has 5 nitrogen and oxygen atoms in total. The summed E-state index contributed by atoms with van der Waals surface area (Å²) in [7, 11) is 0. The van der Waals surface area contributed by atoms with E-state index in [1.54, 1.807) is 31.2 Å². The van der Waals surface area contributed by atoms with Crippen molar-refractivity contribution < 1.29 is 19.1 Å². The van der Waals surface area contributed by atoms with Gasteiger partial charge in [0, 0.05) is 11.8 Å². The maximum absolute atomic E-state index is 13.8. The fraction of sp³-hybridized carbons (Fsp3) is 0.222. The molecule has 0 unspecified atom stereocenters. The Kier molecular flexibility index (Phi) is 4.09. The number of anilines is 1. The molecule has 2 atom stereocenters. The molecular weight excluding hydrogens is 402 g/mol. The van der Waals surface area contributed by atoms with E-state index in [9.17, 15) is 14.4 Å². The van der Waals surface area contributed by atoms with Gasteiger partial charge in [-0.1, -0.05) is 54.6 Å². The Labute approximate surface area is 185 Å². The number of carbonyl (C=O) groups is 3. The first-order chi connectivity index (χ1) is 15.6. The Morgan fingerprint density at radius 2 is 1.28 bits per heavy atom. The van der Waals surface area contributed by atoms with Crippen LogP contribution in [-0.4, -0.2) is 24.4 Å². The average Bonchev–Trinajstić information content (AvgIpc) is 3.10. The van der Waals surface area contributed by atoms with E-state index in [2.05, 4.69) is 24.3 Å². The van der Waals surface area contributed by atoms with Crippen LogP contribution < -0.4 is 4.90 Å². The van der Waals surface area contributed by atoms with Gasteiger partial charge in [-0.2, -0.15) is 0 Å². The van der Waals surface area contributed by atoms with Crippen LogP contribution in [0.5, 0.6) is 0 Å². The minimum atomic E-state index is -0.467. The highest BCUT2D eigenvalue weighted by atomic mass is 16.5. The molecule has 0 radical (unpaired) electrons. The number of carbonyl (C=O) groups excluding carboxylic acids is 3. The van der Waals surface area contributed by atoms with E-state index in [1.165, 1.54) is 4.90 Å². The van der Waals surface area contributed by atoms with Crippen molar-refractivity contribution in [2.24, 2.45) is 11.8 Å². The molecule has 0 aromatic heterocycles.